The summed E-state index contributed by atoms with van der Waals surface area (Å²) in [6.45, 7) is 0.768. The monoisotopic (exact) mass is 341 g/mol. The molecule has 24 heavy (non-hydrogen) atoms. The van der Waals surface area contributed by atoms with Gasteiger partial charge in [0, 0.05) is 30.9 Å². The van der Waals surface area contributed by atoms with Crippen LogP contribution in [0.5, 0.6) is 0 Å². The van der Waals surface area contributed by atoms with Gasteiger partial charge in [-0.25, -0.2) is 4.98 Å². The molecule has 3 rings (SSSR count). The fourth-order valence-electron chi connectivity index (χ4n) is 2.48. The van der Waals surface area contributed by atoms with E-state index in [1.165, 1.54) is 12.3 Å². The molecule has 6 heteroatoms. The lowest BCUT2D eigenvalue weighted by atomic mass is 10.2. The van der Waals surface area contributed by atoms with Crippen LogP contribution in [0.3, 0.4) is 0 Å². The summed E-state index contributed by atoms with van der Waals surface area (Å²) >= 11 is 5.74. The number of nitrogens with zero attached hydrogens (tertiary/aromatic N) is 2. The molecule has 0 unspecified atom stereocenters. The molecule has 0 atom stereocenters. The SMILES string of the molecule is O=C(/C=C/c1ccc(N2CCCC2=O)cc1)Nc1ccc(Cl)cn1. The predicted molar refractivity (Wildman–Crippen MR) is 94.9 cm³/mol. The van der Waals surface area contributed by atoms with Crippen LogP contribution in [0, 0.1) is 0 Å². The van der Waals surface area contributed by atoms with Crippen LogP contribution in [0.4, 0.5) is 11.5 Å². The van der Waals surface area contributed by atoms with Gasteiger partial charge in [0.2, 0.25) is 11.8 Å². The van der Waals surface area contributed by atoms with Crippen molar-refractivity contribution in [3.8, 4) is 0 Å². The number of anilines is 2. The van der Waals surface area contributed by atoms with Gasteiger partial charge in [0.25, 0.3) is 0 Å². The van der Waals surface area contributed by atoms with Crippen LogP contribution < -0.4 is 10.2 Å². The second-order valence-electron chi connectivity index (χ2n) is 5.42. The zero-order valence-corrected chi connectivity index (χ0v) is 13.7. The van der Waals surface area contributed by atoms with Crippen molar-refractivity contribution in [2.24, 2.45) is 0 Å². The van der Waals surface area contributed by atoms with Crippen LogP contribution in [-0.4, -0.2) is 23.3 Å². The van der Waals surface area contributed by atoms with Gasteiger partial charge in [-0.3, -0.25) is 9.59 Å². The Morgan fingerprint density at radius 2 is 2.00 bits per heavy atom. The van der Waals surface area contributed by atoms with Gasteiger partial charge in [-0.1, -0.05) is 23.7 Å². The fraction of sp³-hybridized carbons (Fsp3) is 0.167. The lowest BCUT2D eigenvalue weighted by molar-refractivity contribution is -0.117. The summed E-state index contributed by atoms with van der Waals surface area (Å²) in [5, 5.41) is 3.17. The Kier molecular flexibility index (Phi) is 4.91. The third-order valence-corrected chi connectivity index (χ3v) is 3.91. The summed E-state index contributed by atoms with van der Waals surface area (Å²) in [5.74, 6) is 0.327. The highest BCUT2D eigenvalue weighted by Gasteiger charge is 2.21. The summed E-state index contributed by atoms with van der Waals surface area (Å²) in [5.41, 5.74) is 1.77. The maximum Gasteiger partial charge on any atom is 0.249 e. The van der Waals surface area contributed by atoms with Crippen molar-refractivity contribution in [2.45, 2.75) is 12.8 Å². The van der Waals surface area contributed by atoms with Gasteiger partial charge in [-0.2, -0.15) is 0 Å². The molecule has 1 aliphatic heterocycles. The number of benzene rings is 1. The van der Waals surface area contributed by atoms with Crippen LogP contribution >= 0.6 is 11.6 Å². The molecule has 1 N–H and O–H groups in total. The molecule has 1 aliphatic rings. The Morgan fingerprint density at radius 1 is 1.21 bits per heavy atom. The van der Waals surface area contributed by atoms with E-state index in [4.69, 9.17) is 11.6 Å². The van der Waals surface area contributed by atoms with Gasteiger partial charge in [0.05, 0.1) is 5.02 Å². The molecule has 0 radical (unpaired) electrons. The summed E-state index contributed by atoms with van der Waals surface area (Å²) in [6.07, 6.45) is 6.13. The molecule has 2 heterocycles. The average molecular weight is 342 g/mol. The van der Waals surface area contributed by atoms with Crippen LogP contribution in [0.2, 0.25) is 5.02 Å². The molecule has 0 spiro atoms. The molecule has 0 aliphatic carbocycles. The minimum Gasteiger partial charge on any atom is -0.312 e. The normalized spacial score (nSPS) is 14.4. The van der Waals surface area contributed by atoms with E-state index in [0.29, 0.717) is 17.3 Å². The molecule has 1 saturated heterocycles. The Balaban J connectivity index is 1.60. The third-order valence-electron chi connectivity index (χ3n) is 3.68. The first-order valence-corrected chi connectivity index (χ1v) is 8.01. The van der Waals surface area contributed by atoms with E-state index in [9.17, 15) is 9.59 Å². The first kappa shape index (κ1) is 16.2. The van der Waals surface area contributed by atoms with E-state index < -0.39 is 0 Å². The zero-order valence-electron chi connectivity index (χ0n) is 12.9. The van der Waals surface area contributed by atoms with Crippen molar-refractivity contribution in [1.82, 2.24) is 4.98 Å². The number of hydrogen-bond acceptors (Lipinski definition) is 3. The Hall–Kier alpha value is -2.66. The summed E-state index contributed by atoms with van der Waals surface area (Å²) in [6, 6.07) is 10.8. The molecule has 0 saturated carbocycles. The first-order valence-electron chi connectivity index (χ1n) is 7.63. The van der Waals surface area contributed by atoms with Crippen molar-refractivity contribution >= 4 is 41.0 Å². The van der Waals surface area contributed by atoms with Crippen molar-refractivity contribution in [3.05, 3.63) is 59.3 Å². The molecule has 1 aromatic carbocycles. The Morgan fingerprint density at radius 3 is 2.62 bits per heavy atom. The van der Waals surface area contributed by atoms with Gasteiger partial charge in [0.1, 0.15) is 5.82 Å². The molecule has 122 valence electrons. The molecular formula is C18H16ClN3O2. The molecule has 2 amide bonds. The van der Waals surface area contributed by atoms with E-state index >= 15 is 0 Å². The molecule has 0 bridgehead atoms. The fourth-order valence-corrected chi connectivity index (χ4v) is 2.59. The first-order chi connectivity index (χ1) is 11.6. The molecule has 5 nitrogen and oxygen atoms in total. The van der Waals surface area contributed by atoms with E-state index in [2.05, 4.69) is 10.3 Å². The van der Waals surface area contributed by atoms with Crippen molar-refractivity contribution in [3.63, 3.8) is 0 Å². The molecule has 1 aromatic heterocycles. The Labute approximate surface area is 145 Å². The molecule has 2 aromatic rings. The van der Waals surface area contributed by atoms with Gasteiger partial charge in [0.15, 0.2) is 0 Å². The largest absolute Gasteiger partial charge is 0.312 e. The lowest BCUT2D eigenvalue weighted by Gasteiger charge is -2.15. The van der Waals surface area contributed by atoms with Crippen molar-refractivity contribution in [2.75, 3.05) is 16.8 Å². The maximum atomic E-state index is 11.9. The number of halogens is 1. The maximum absolute atomic E-state index is 11.9. The van der Waals surface area contributed by atoms with Crippen LogP contribution in [0.1, 0.15) is 18.4 Å². The number of hydrogen-bond donors (Lipinski definition) is 1. The minimum absolute atomic E-state index is 0.160. The smallest absolute Gasteiger partial charge is 0.249 e. The number of aromatic nitrogens is 1. The van der Waals surface area contributed by atoms with E-state index in [0.717, 1.165) is 24.2 Å². The summed E-state index contributed by atoms with van der Waals surface area (Å²) in [7, 11) is 0. The molecule has 1 fully saturated rings. The number of carbonyl (C=O) groups excluding carboxylic acids is 2. The van der Waals surface area contributed by atoms with Gasteiger partial charge < -0.3 is 10.2 Å². The van der Waals surface area contributed by atoms with Crippen LogP contribution in [0.15, 0.2) is 48.7 Å². The summed E-state index contributed by atoms with van der Waals surface area (Å²) < 4.78 is 0. The Bertz CT molecular complexity index is 770. The quantitative estimate of drug-likeness (QED) is 0.865. The van der Waals surface area contributed by atoms with Gasteiger partial charge >= 0.3 is 0 Å². The number of amides is 2. The lowest BCUT2D eigenvalue weighted by Crippen LogP contribution is -2.23. The minimum atomic E-state index is -0.274. The predicted octanol–water partition coefficient (Wildman–Crippen LogP) is 3.51. The standard InChI is InChI=1S/C18H16ClN3O2/c19-14-6-9-16(20-12-14)21-17(23)10-5-13-3-7-15(8-4-13)22-11-1-2-18(22)24/h3-10,12H,1-2,11H2,(H,20,21,23)/b10-5+. The highest BCUT2D eigenvalue weighted by atomic mass is 35.5. The van der Waals surface area contributed by atoms with Crippen molar-refractivity contribution < 1.29 is 9.59 Å². The van der Waals surface area contributed by atoms with Crippen molar-refractivity contribution in [1.29, 1.82) is 0 Å². The van der Waals surface area contributed by atoms with E-state index in [1.54, 1.807) is 23.1 Å². The number of pyridine rings is 1. The van der Waals surface area contributed by atoms with Crippen LogP contribution in [-0.2, 0) is 9.59 Å². The summed E-state index contributed by atoms with van der Waals surface area (Å²) in [4.78, 5) is 29.4. The zero-order chi connectivity index (χ0) is 16.9. The second kappa shape index (κ2) is 7.27. The average Bonchev–Trinajstić information content (AvgIpc) is 3.02. The number of nitrogens with one attached hydrogen (secondary N) is 1. The molecular weight excluding hydrogens is 326 g/mol. The van der Waals surface area contributed by atoms with Gasteiger partial charge in [-0.15, -0.1) is 0 Å². The van der Waals surface area contributed by atoms with Gasteiger partial charge in [-0.05, 0) is 42.3 Å². The van der Waals surface area contributed by atoms with Crippen LogP contribution in [0.25, 0.3) is 6.08 Å². The number of carbonyl (C=O) groups is 2. The third kappa shape index (κ3) is 4.00. The highest BCUT2D eigenvalue weighted by Crippen LogP contribution is 2.21. The number of rotatable bonds is 4. The van der Waals surface area contributed by atoms with E-state index in [-0.39, 0.29) is 11.8 Å². The highest BCUT2D eigenvalue weighted by molar-refractivity contribution is 6.30. The second-order valence-corrected chi connectivity index (χ2v) is 5.86. The van der Waals surface area contributed by atoms with E-state index in [1.807, 2.05) is 24.3 Å². The topological polar surface area (TPSA) is 62.3 Å².